The van der Waals surface area contributed by atoms with E-state index in [1.807, 2.05) is 7.05 Å². The van der Waals surface area contributed by atoms with Crippen molar-refractivity contribution in [2.45, 2.75) is 45.8 Å². The average molecular weight is 239 g/mol. The van der Waals surface area contributed by atoms with E-state index in [1.54, 1.807) is 13.0 Å². The summed E-state index contributed by atoms with van der Waals surface area (Å²) in [6.45, 7) is 5.94. The topological polar surface area (TPSA) is 23.5 Å². The van der Waals surface area contributed by atoms with Crippen molar-refractivity contribution in [1.82, 2.24) is 0 Å². The number of benzene rings is 1. The largest absolute Gasteiger partial charge is 0.389 e. The highest BCUT2D eigenvalue weighted by atomic mass is 19.1. The Hall–Kier alpha value is -1.09. The molecule has 2 atom stereocenters. The molecule has 1 rings (SSSR count). The fraction of sp³-hybridized carbons (Fsp3) is 0.571. The Morgan fingerprint density at radius 3 is 2.53 bits per heavy atom. The van der Waals surface area contributed by atoms with Crippen molar-refractivity contribution in [3.8, 4) is 0 Å². The highest BCUT2D eigenvalue weighted by Gasteiger charge is 2.16. The van der Waals surface area contributed by atoms with E-state index in [4.69, 9.17) is 0 Å². The van der Waals surface area contributed by atoms with Crippen LogP contribution in [0.5, 0.6) is 0 Å². The lowest BCUT2D eigenvalue weighted by molar-refractivity contribution is 0.199. The Bertz CT molecular complexity index is 365. The van der Waals surface area contributed by atoms with Gasteiger partial charge >= 0.3 is 0 Å². The molecule has 0 aliphatic carbocycles. The third-order valence-electron chi connectivity index (χ3n) is 3.19. The van der Waals surface area contributed by atoms with Crippen LogP contribution in [0.25, 0.3) is 0 Å². The molecule has 96 valence electrons. The summed E-state index contributed by atoms with van der Waals surface area (Å²) >= 11 is 0. The molecule has 0 aliphatic heterocycles. The highest BCUT2D eigenvalue weighted by Crippen LogP contribution is 2.28. The molecular weight excluding hydrogens is 217 g/mol. The van der Waals surface area contributed by atoms with Crippen LogP contribution < -0.4 is 4.90 Å². The van der Waals surface area contributed by atoms with Gasteiger partial charge in [0.25, 0.3) is 0 Å². The highest BCUT2D eigenvalue weighted by molar-refractivity contribution is 5.54. The van der Waals surface area contributed by atoms with Gasteiger partial charge in [0.15, 0.2) is 0 Å². The van der Waals surface area contributed by atoms with Crippen LogP contribution in [0.4, 0.5) is 10.1 Å². The summed E-state index contributed by atoms with van der Waals surface area (Å²) in [5.74, 6) is -0.304. The number of nitrogens with zero attached hydrogens (tertiary/aromatic N) is 1. The summed E-state index contributed by atoms with van der Waals surface area (Å²) in [4.78, 5) is 2.10. The molecule has 0 bridgehead atoms. The van der Waals surface area contributed by atoms with Crippen LogP contribution in [0.3, 0.4) is 0 Å². The Morgan fingerprint density at radius 1 is 1.35 bits per heavy atom. The van der Waals surface area contributed by atoms with E-state index in [2.05, 4.69) is 18.7 Å². The fourth-order valence-electron chi connectivity index (χ4n) is 2.03. The Kier molecular flexibility index (Phi) is 4.94. The third kappa shape index (κ3) is 3.43. The van der Waals surface area contributed by atoms with Gasteiger partial charge in [0.1, 0.15) is 5.82 Å². The fourth-order valence-corrected chi connectivity index (χ4v) is 2.03. The summed E-state index contributed by atoms with van der Waals surface area (Å²) in [6.07, 6.45) is 1.53. The predicted molar refractivity (Wildman–Crippen MR) is 69.8 cm³/mol. The third-order valence-corrected chi connectivity index (χ3v) is 3.19. The molecule has 0 aliphatic rings. The number of aliphatic hydroxyl groups excluding tert-OH is 1. The molecule has 17 heavy (non-hydrogen) atoms. The van der Waals surface area contributed by atoms with Gasteiger partial charge in [-0.05, 0) is 38.5 Å². The van der Waals surface area contributed by atoms with Crippen LogP contribution in [-0.4, -0.2) is 18.2 Å². The smallest absolute Gasteiger partial charge is 0.123 e. The number of hydrogen-bond donors (Lipinski definition) is 1. The minimum Gasteiger partial charge on any atom is -0.389 e. The molecule has 0 aromatic heterocycles. The van der Waals surface area contributed by atoms with Crippen LogP contribution in [0.1, 0.15) is 45.3 Å². The average Bonchev–Trinajstić information content (AvgIpc) is 2.28. The number of halogens is 1. The van der Waals surface area contributed by atoms with Crippen LogP contribution in [0, 0.1) is 5.82 Å². The summed E-state index contributed by atoms with van der Waals surface area (Å²) in [5, 5.41) is 9.70. The van der Waals surface area contributed by atoms with Crippen LogP contribution >= 0.6 is 0 Å². The monoisotopic (exact) mass is 239 g/mol. The maximum atomic E-state index is 13.2. The minimum absolute atomic E-state index is 0.304. The van der Waals surface area contributed by atoms with E-state index in [0.29, 0.717) is 11.6 Å². The molecule has 1 unspecified atom stereocenters. The van der Waals surface area contributed by atoms with Crippen molar-refractivity contribution in [2.75, 3.05) is 11.9 Å². The van der Waals surface area contributed by atoms with Gasteiger partial charge in [-0.15, -0.1) is 0 Å². The lowest BCUT2D eigenvalue weighted by atomic mass is 10.0. The first kappa shape index (κ1) is 14.0. The summed E-state index contributed by atoms with van der Waals surface area (Å²) in [6, 6.07) is 4.97. The maximum absolute atomic E-state index is 13.2. The zero-order valence-electron chi connectivity index (χ0n) is 11.1. The van der Waals surface area contributed by atoms with Crippen molar-refractivity contribution in [3.05, 3.63) is 29.6 Å². The zero-order chi connectivity index (χ0) is 13.0. The second kappa shape index (κ2) is 6.01. The van der Waals surface area contributed by atoms with Gasteiger partial charge < -0.3 is 10.0 Å². The van der Waals surface area contributed by atoms with E-state index >= 15 is 0 Å². The predicted octanol–water partition coefficient (Wildman–Crippen LogP) is 3.50. The lowest BCUT2D eigenvalue weighted by Crippen LogP contribution is -2.29. The van der Waals surface area contributed by atoms with E-state index in [9.17, 15) is 9.50 Å². The quantitative estimate of drug-likeness (QED) is 0.850. The van der Waals surface area contributed by atoms with Crippen LogP contribution in [0.2, 0.25) is 0 Å². The Balaban J connectivity index is 3.03. The molecule has 0 saturated carbocycles. The van der Waals surface area contributed by atoms with Crippen molar-refractivity contribution < 1.29 is 9.50 Å². The van der Waals surface area contributed by atoms with Crippen molar-refractivity contribution in [2.24, 2.45) is 0 Å². The van der Waals surface area contributed by atoms with E-state index in [1.165, 1.54) is 12.1 Å². The van der Waals surface area contributed by atoms with Gasteiger partial charge in [-0.25, -0.2) is 4.39 Å². The van der Waals surface area contributed by atoms with Crippen molar-refractivity contribution in [3.63, 3.8) is 0 Å². The minimum atomic E-state index is -0.656. The van der Waals surface area contributed by atoms with Gasteiger partial charge in [-0.2, -0.15) is 0 Å². The maximum Gasteiger partial charge on any atom is 0.123 e. The molecule has 0 radical (unpaired) electrons. The molecule has 2 nitrogen and oxygen atoms in total. The first-order chi connectivity index (χ1) is 7.97. The van der Waals surface area contributed by atoms with Gasteiger partial charge in [0.05, 0.1) is 6.10 Å². The molecule has 1 N–H and O–H groups in total. The molecule has 0 amide bonds. The summed E-state index contributed by atoms with van der Waals surface area (Å²) < 4.78 is 13.2. The first-order valence-corrected chi connectivity index (χ1v) is 6.17. The summed E-state index contributed by atoms with van der Waals surface area (Å²) in [7, 11) is 1.99. The molecule has 1 aromatic rings. The SMILES string of the molecule is CCCC(C)N(C)c1ccc(F)cc1[C@@H](C)O. The van der Waals surface area contributed by atoms with Crippen molar-refractivity contribution in [1.29, 1.82) is 0 Å². The second-order valence-corrected chi connectivity index (χ2v) is 4.63. The molecule has 0 spiro atoms. The number of rotatable bonds is 5. The normalized spacial score (nSPS) is 14.5. The molecule has 0 heterocycles. The lowest BCUT2D eigenvalue weighted by Gasteiger charge is -2.29. The van der Waals surface area contributed by atoms with Gasteiger partial charge in [-0.1, -0.05) is 13.3 Å². The van der Waals surface area contributed by atoms with Crippen molar-refractivity contribution >= 4 is 5.69 Å². The number of aliphatic hydroxyl groups is 1. The van der Waals surface area contributed by atoms with Gasteiger partial charge in [0.2, 0.25) is 0 Å². The van der Waals surface area contributed by atoms with E-state index in [-0.39, 0.29) is 5.82 Å². The van der Waals surface area contributed by atoms with Crippen LogP contribution in [0.15, 0.2) is 18.2 Å². The van der Waals surface area contributed by atoms with E-state index in [0.717, 1.165) is 18.5 Å². The molecule has 3 heteroatoms. The summed E-state index contributed by atoms with van der Waals surface area (Å²) in [5.41, 5.74) is 1.55. The Labute approximate surface area is 103 Å². The van der Waals surface area contributed by atoms with E-state index < -0.39 is 6.10 Å². The molecule has 0 fully saturated rings. The van der Waals surface area contributed by atoms with Gasteiger partial charge in [-0.3, -0.25) is 0 Å². The van der Waals surface area contributed by atoms with Gasteiger partial charge in [0, 0.05) is 24.3 Å². The molecular formula is C14H22FNO. The van der Waals surface area contributed by atoms with Crippen LogP contribution in [-0.2, 0) is 0 Å². The zero-order valence-corrected chi connectivity index (χ0v) is 11.1. The number of anilines is 1. The number of hydrogen-bond acceptors (Lipinski definition) is 2. The standard InChI is InChI=1S/C14H22FNO/c1-5-6-10(2)16(4)14-8-7-12(15)9-13(14)11(3)17/h7-11,17H,5-6H2,1-4H3/t10?,11-/m1/s1. The first-order valence-electron chi connectivity index (χ1n) is 6.17. The second-order valence-electron chi connectivity index (χ2n) is 4.63. The molecule has 1 aromatic carbocycles. The molecule has 0 saturated heterocycles. The Morgan fingerprint density at radius 2 is 2.00 bits per heavy atom.